The SMILES string of the molecule is COc1ccc(-c2nc(OCc3ccc(Cl)cc3)nn2-c2ccc(OC)cc2)cc1. The molecule has 0 saturated carbocycles. The van der Waals surface area contributed by atoms with Gasteiger partial charge in [0.15, 0.2) is 5.82 Å². The fourth-order valence-corrected chi connectivity index (χ4v) is 3.04. The van der Waals surface area contributed by atoms with Crippen molar-refractivity contribution in [2.45, 2.75) is 6.61 Å². The van der Waals surface area contributed by atoms with E-state index in [4.69, 9.17) is 25.8 Å². The van der Waals surface area contributed by atoms with Crippen LogP contribution < -0.4 is 14.2 Å². The summed E-state index contributed by atoms with van der Waals surface area (Å²) in [5.41, 5.74) is 2.71. The Hall–Kier alpha value is -3.51. The van der Waals surface area contributed by atoms with E-state index in [1.807, 2.05) is 72.8 Å². The van der Waals surface area contributed by atoms with Gasteiger partial charge in [0.05, 0.1) is 19.9 Å². The molecule has 1 heterocycles. The molecule has 1 aromatic heterocycles. The zero-order valence-electron chi connectivity index (χ0n) is 16.6. The van der Waals surface area contributed by atoms with Gasteiger partial charge in [-0.2, -0.15) is 4.98 Å². The minimum atomic E-state index is 0.284. The summed E-state index contributed by atoms with van der Waals surface area (Å²) in [5.74, 6) is 2.20. The van der Waals surface area contributed by atoms with Crippen molar-refractivity contribution in [2.24, 2.45) is 0 Å². The van der Waals surface area contributed by atoms with Crippen molar-refractivity contribution in [3.05, 3.63) is 83.4 Å². The highest BCUT2D eigenvalue weighted by molar-refractivity contribution is 6.30. The standard InChI is InChI=1S/C23H20ClN3O3/c1-28-20-11-5-17(6-12-20)22-25-23(30-15-16-3-7-18(24)8-4-16)26-27(22)19-9-13-21(29-2)14-10-19/h3-14H,15H2,1-2H3. The summed E-state index contributed by atoms with van der Waals surface area (Å²) in [6.45, 7) is 0.339. The lowest BCUT2D eigenvalue weighted by Crippen LogP contribution is -2.00. The summed E-state index contributed by atoms with van der Waals surface area (Å²) in [4.78, 5) is 4.62. The molecule has 0 spiro atoms. The molecule has 0 aliphatic rings. The molecule has 6 nitrogen and oxygen atoms in total. The van der Waals surface area contributed by atoms with Crippen LogP contribution in [0.4, 0.5) is 0 Å². The van der Waals surface area contributed by atoms with Gasteiger partial charge in [-0.05, 0) is 66.2 Å². The van der Waals surface area contributed by atoms with Crippen LogP contribution in [0, 0.1) is 0 Å². The smallest absolute Gasteiger partial charge is 0.336 e. The first-order chi connectivity index (χ1) is 14.7. The van der Waals surface area contributed by atoms with E-state index >= 15 is 0 Å². The second kappa shape index (κ2) is 8.88. The van der Waals surface area contributed by atoms with Crippen LogP contribution in [0.3, 0.4) is 0 Å². The lowest BCUT2D eigenvalue weighted by Gasteiger charge is -2.07. The van der Waals surface area contributed by atoms with Crippen LogP contribution >= 0.6 is 11.6 Å². The van der Waals surface area contributed by atoms with Gasteiger partial charge >= 0.3 is 6.01 Å². The molecule has 152 valence electrons. The molecule has 0 fully saturated rings. The molecule has 3 aromatic carbocycles. The van der Waals surface area contributed by atoms with Gasteiger partial charge in [0, 0.05) is 10.6 Å². The zero-order valence-corrected chi connectivity index (χ0v) is 17.3. The van der Waals surface area contributed by atoms with E-state index in [-0.39, 0.29) is 6.01 Å². The van der Waals surface area contributed by atoms with E-state index in [1.165, 1.54) is 0 Å². The van der Waals surface area contributed by atoms with Gasteiger partial charge in [0.25, 0.3) is 0 Å². The van der Waals surface area contributed by atoms with E-state index < -0.39 is 0 Å². The predicted octanol–water partition coefficient (Wildman–Crippen LogP) is 5.18. The molecule has 30 heavy (non-hydrogen) atoms. The van der Waals surface area contributed by atoms with Gasteiger partial charge in [-0.1, -0.05) is 23.7 Å². The summed E-state index contributed by atoms with van der Waals surface area (Å²) < 4.78 is 18.1. The molecule has 0 N–H and O–H groups in total. The fraction of sp³-hybridized carbons (Fsp3) is 0.130. The summed E-state index contributed by atoms with van der Waals surface area (Å²) in [5, 5.41) is 5.26. The van der Waals surface area contributed by atoms with Gasteiger partial charge in [0.1, 0.15) is 18.1 Å². The summed E-state index contributed by atoms with van der Waals surface area (Å²) in [6.07, 6.45) is 0. The number of ether oxygens (including phenoxy) is 3. The van der Waals surface area contributed by atoms with Crippen LogP contribution in [0.15, 0.2) is 72.8 Å². The summed E-state index contributed by atoms with van der Waals surface area (Å²) in [6, 6.07) is 23.0. The molecule has 0 bridgehead atoms. The highest BCUT2D eigenvalue weighted by Gasteiger charge is 2.15. The Balaban J connectivity index is 1.67. The van der Waals surface area contributed by atoms with Gasteiger partial charge in [-0.25, -0.2) is 4.68 Å². The third-order valence-corrected chi connectivity index (χ3v) is 4.79. The summed E-state index contributed by atoms with van der Waals surface area (Å²) >= 11 is 5.95. The molecule has 0 radical (unpaired) electrons. The van der Waals surface area contributed by atoms with Gasteiger partial charge < -0.3 is 14.2 Å². The van der Waals surface area contributed by atoms with Gasteiger partial charge in [-0.3, -0.25) is 0 Å². The third-order valence-electron chi connectivity index (χ3n) is 4.53. The number of rotatable bonds is 7. The molecule has 0 aliphatic heterocycles. The first-order valence-electron chi connectivity index (χ1n) is 9.29. The number of nitrogens with zero attached hydrogens (tertiary/aromatic N) is 3. The lowest BCUT2D eigenvalue weighted by atomic mass is 10.2. The van der Waals surface area contributed by atoms with Crippen LogP contribution in [0.1, 0.15) is 5.56 Å². The van der Waals surface area contributed by atoms with Crippen LogP contribution in [-0.4, -0.2) is 29.0 Å². The minimum Gasteiger partial charge on any atom is -0.497 e. The maximum absolute atomic E-state index is 5.95. The Labute approximate surface area is 179 Å². The van der Waals surface area contributed by atoms with E-state index in [2.05, 4.69) is 10.1 Å². The average molecular weight is 422 g/mol. The topological polar surface area (TPSA) is 58.4 Å². The highest BCUT2D eigenvalue weighted by atomic mass is 35.5. The van der Waals surface area contributed by atoms with Gasteiger partial charge in [0.2, 0.25) is 0 Å². The lowest BCUT2D eigenvalue weighted by molar-refractivity contribution is 0.281. The number of halogens is 1. The first-order valence-corrected chi connectivity index (χ1v) is 9.67. The quantitative estimate of drug-likeness (QED) is 0.411. The highest BCUT2D eigenvalue weighted by Crippen LogP contribution is 2.26. The first kappa shape index (κ1) is 19.8. The van der Waals surface area contributed by atoms with E-state index in [0.717, 1.165) is 28.3 Å². The Morgan fingerprint density at radius 3 is 2.00 bits per heavy atom. The Kier molecular flexibility index (Phi) is 5.86. The number of benzene rings is 3. The third kappa shape index (κ3) is 4.39. The zero-order chi connectivity index (χ0) is 20.9. The monoisotopic (exact) mass is 421 g/mol. The number of hydrogen-bond acceptors (Lipinski definition) is 5. The molecular weight excluding hydrogens is 402 g/mol. The predicted molar refractivity (Wildman–Crippen MR) is 116 cm³/mol. The van der Waals surface area contributed by atoms with Crippen molar-refractivity contribution in [2.75, 3.05) is 14.2 Å². The molecule has 4 rings (SSSR count). The maximum atomic E-state index is 5.95. The van der Waals surface area contributed by atoms with Crippen LogP contribution in [0.2, 0.25) is 5.02 Å². The van der Waals surface area contributed by atoms with Crippen LogP contribution in [0.5, 0.6) is 17.5 Å². The molecule has 0 unspecified atom stereocenters. The largest absolute Gasteiger partial charge is 0.497 e. The van der Waals surface area contributed by atoms with E-state index in [0.29, 0.717) is 17.5 Å². The molecule has 0 aliphatic carbocycles. The van der Waals surface area contributed by atoms with E-state index in [1.54, 1.807) is 18.9 Å². The fourth-order valence-electron chi connectivity index (χ4n) is 2.91. The van der Waals surface area contributed by atoms with Crippen molar-refractivity contribution >= 4 is 11.6 Å². The normalized spacial score (nSPS) is 10.6. The minimum absolute atomic E-state index is 0.284. The Morgan fingerprint density at radius 2 is 1.40 bits per heavy atom. The van der Waals surface area contributed by atoms with Gasteiger partial charge in [-0.15, -0.1) is 5.10 Å². The van der Waals surface area contributed by atoms with Crippen LogP contribution in [0.25, 0.3) is 17.1 Å². The Morgan fingerprint density at radius 1 is 0.800 bits per heavy atom. The molecule has 7 heteroatoms. The average Bonchev–Trinajstić information content (AvgIpc) is 3.23. The van der Waals surface area contributed by atoms with Crippen molar-refractivity contribution in [3.63, 3.8) is 0 Å². The molecular formula is C23H20ClN3O3. The molecule has 0 atom stereocenters. The van der Waals surface area contributed by atoms with E-state index in [9.17, 15) is 0 Å². The van der Waals surface area contributed by atoms with Crippen LogP contribution in [-0.2, 0) is 6.61 Å². The van der Waals surface area contributed by atoms with Crippen molar-refractivity contribution in [3.8, 4) is 34.6 Å². The Bertz CT molecular complexity index is 1040. The molecule has 0 saturated heterocycles. The number of methoxy groups -OCH3 is 2. The second-order valence-electron chi connectivity index (χ2n) is 6.47. The maximum Gasteiger partial charge on any atom is 0.336 e. The molecule has 0 amide bonds. The second-order valence-corrected chi connectivity index (χ2v) is 6.91. The van der Waals surface area contributed by atoms with Crippen molar-refractivity contribution in [1.82, 2.24) is 14.8 Å². The van der Waals surface area contributed by atoms with Crippen molar-refractivity contribution in [1.29, 1.82) is 0 Å². The van der Waals surface area contributed by atoms with Crippen molar-refractivity contribution < 1.29 is 14.2 Å². The molecule has 4 aromatic rings. The number of hydrogen-bond donors (Lipinski definition) is 0. The summed E-state index contributed by atoms with van der Waals surface area (Å²) in [7, 11) is 3.27. The number of aromatic nitrogens is 3.